The topological polar surface area (TPSA) is 84.5 Å². The fraction of sp³-hybridized carbons (Fsp3) is 0.235. The SMILES string of the molecule is COc1ccc(C)cc1NC(=O)CNS(=O)(=O)c1cccc(C)c1. The van der Waals surface area contributed by atoms with E-state index < -0.39 is 15.9 Å². The minimum absolute atomic E-state index is 0.128. The summed E-state index contributed by atoms with van der Waals surface area (Å²) in [6.45, 7) is 3.32. The molecule has 6 nitrogen and oxygen atoms in total. The number of ether oxygens (including phenoxy) is 1. The number of sulfonamides is 1. The van der Waals surface area contributed by atoms with Gasteiger partial charge in [0.1, 0.15) is 5.75 Å². The second kappa shape index (κ2) is 7.46. The standard InChI is InChI=1S/C17H20N2O4S/c1-12-5-4-6-14(9-12)24(21,22)18-11-17(20)19-15-10-13(2)7-8-16(15)23-3/h4-10,18H,11H2,1-3H3,(H,19,20). The van der Waals surface area contributed by atoms with Crippen LogP contribution in [0.25, 0.3) is 0 Å². The van der Waals surface area contributed by atoms with Crippen molar-refractivity contribution >= 4 is 21.6 Å². The third-order valence-corrected chi connectivity index (χ3v) is 4.75. The van der Waals surface area contributed by atoms with Crippen molar-refractivity contribution < 1.29 is 17.9 Å². The zero-order valence-electron chi connectivity index (χ0n) is 13.8. The molecule has 0 aliphatic rings. The van der Waals surface area contributed by atoms with E-state index in [1.807, 2.05) is 13.0 Å². The minimum atomic E-state index is -3.74. The molecule has 7 heteroatoms. The zero-order valence-corrected chi connectivity index (χ0v) is 14.6. The van der Waals surface area contributed by atoms with E-state index in [-0.39, 0.29) is 11.4 Å². The molecular weight excluding hydrogens is 328 g/mol. The highest BCUT2D eigenvalue weighted by molar-refractivity contribution is 7.89. The number of aryl methyl sites for hydroxylation is 2. The van der Waals surface area contributed by atoms with E-state index in [1.165, 1.54) is 13.2 Å². The molecule has 24 heavy (non-hydrogen) atoms. The van der Waals surface area contributed by atoms with Crippen LogP contribution in [-0.2, 0) is 14.8 Å². The summed E-state index contributed by atoms with van der Waals surface area (Å²) in [5.41, 5.74) is 2.27. The Bertz CT molecular complexity index is 847. The molecule has 2 aromatic rings. The number of hydrogen-bond donors (Lipinski definition) is 2. The number of methoxy groups -OCH3 is 1. The van der Waals surface area contributed by atoms with Gasteiger partial charge in [0.2, 0.25) is 15.9 Å². The Morgan fingerprint density at radius 2 is 1.79 bits per heavy atom. The van der Waals surface area contributed by atoms with Gasteiger partial charge in [0.25, 0.3) is 0 Å². The van der Waals surface area contributed by atoms with E-state index in [9.17, 15) is 13.2 Å². The Morgan fingerprint density at radius 1 is 1.08 bits per heavy atom. The molecule has 0 heterocycles. The van der Waals surface area contributed by atoms with E-state index in [4.69, 9.17) is 4.74 Å². The first-order chi connectivity index (χ1) is 11.3. The Kier molecular flexibility index (Phi) is 5.58. The highest BCUT2D eigenvalue weighted by Gasteiger charge is 2.16. The average molecular weight is 348 g/mol. The molecule has 0 radical (unpaired) electrons. The molecule has 0 spiro atoms. The maximum atomic E-state index is 12.2. The molecule has 128 valence electrons. The molecule has 2 aromatic carbocycles. The smallest absolute Gasteiger partial charge is 0.241 e. The first-order valence-electron chi connectivity index (χ1n) is 7.32. The van der Waals surface area contributed by atoms with Gasteiger partial charge >= 0.3 is 0 Å². The lowest BCUT2D eigenvalue weighted by Gasteiger charge is -2.12. The van der Waals surface area contributed by atoms with Gasteiger partial charge in [-0.05, 0) is 49.2 Å². The van der Waals surface area contributed by atoms with Crippen LogP contribution in [0.2, 0.25) is 0 Å². The van der Waals surface area contributed by atoms with Crippen LogP contribution in [-0.4, -0.2) is 28.0 Å². The molecule has 0 atom stereocenters. The molecular formula is C17H20N2O4S. The maximum absolute atomic E-state index is 12.2. The predicted octanol–water partition coefficient (Wildman–Crippen LogP) is 2.23. The highest BCUT2D eigenvalue weighted by Crippen LogP contribution is 2.25. The van der Waals surface area contributed by atoms with Crippen LogP contribution in [0.1, 0.15) is 11.1 Å². The largest absolute Gasteiger partial charge is 0.495 e. The first-order valence-corrected chi connectivity index (χ1v) is 8.81. The van der Waals surface area contributed by atoms with Gasteiger partial charge in [-0.15, -0.1) is 0 Å². The van der Waals surface area contributed by atoms with Gasteiger partial charge in [0.15, 0.2) is 0 Å². The Labute approximate surface area is 141 Å². The summed E-state index contributed by atoms with van der Waals surface area (Å²) in [4.78, 5) is 12.2. The third kappa shape index (κ3) is 4.56. The second-order valence-corrected chi connectivity index (χ2v) is 7.16. The van der Waals surface area contributed by atoms with Gasteiger partial charge in [0.05, 0.1) is 24.2 Å². The van der Waals surface area contributed by atoms with E-state index in [1.54, 1.807) is 37.3 Å². The fourth-order valence-electron chi connectivity index (χ4n) is 2.14. The van der Waals surface area contributed by atoms with Crippen molar-refractivity contribution in [3.63, 3.8) is 0 Å². The molecule has 1 amide bonds. The van der Waals surface area contributed by atoms with Crippen LogP contribution >= 0.6 is 0 Å². The van der Waals surface area contributed by atoms with Gasteiger partial charge in [-0.2, -0.15) is 0 Å². The lowest BCUT2D eigenvalue weighted by Crippen LogP contribution is -2.33. The van der Waals surface area contributed by atoms with Crippen LogP contribution in [0, 0.1) is 13.8 Å². The van der Waals surface area contributed by atoms with Gasteiger partial charge in [-0.25, -0.2) is 13.1 Å². The van der Waals surface area contributed by atoms with Crippen molar-refractivity contribution in [3.8, 4) is 5.75 Å². The number of nitrogens with one attached hydrogen (secondary N) is 2. The Balaban J connectivity index is 2.04. The quantitative estimate of drug-likeness (QED) is 0.838. The van der Waals surface area contributed by atoms with Gasteiger partial charge in [-0.1, -0.05) is 18.2 Å². The van der Waals surface area contributed by atoms with Crippen LogP contribution < -0.4 is 14.8 Å². The lowest BCUT2D eigenvalue weighted by molar-refractivity contribution is -0.115. The van der Waals surface area contributed by atoms with Crippen molar-refractivity contribution in [1.29, 1.82) is 0 Å². The summed E-state index contributed by atoms with van der Waals surface area (Å²) < 4.78 is 31.9. The van der Waals surface area contributed by atoms with Crippen LogP contribution in [0.5, 0.6) is 5.75 Å². The molecule has 2 N–H and O–H groups in total. The molecule has 0 aliphatic heterocycles. The first kappa shape index (κ1) is 18.0. The lowest BCUT2D eigenvalue weighted by atomic mass is 10.2. The number of anilines is 1. The average Bonchev–Trinajstić information content (AvgIpc) is 2.53. The molecule has 0 aromatic heterocycles. The van der Waals surface area contributed by atoms with Crippen LogP contribution in [0.15, 0.2) is 47.4 Å². The van der Waals surface area contributed by atoms with Gasteiger partial charge in [0, 0.05) is 0 Å². The maximum Gasteiger partial charge on any atom is 0.241 e. The zero-order chi connectivity index (χ0) is 17.7. The fourth-order valence-corrected chi connectivity index (χ4v) is 3.23. The Hall–Kier alpha value is -2.38. The van der Waals surface area contributed by atoms with Crippen LogP contribution in [0.4, 0.5) is 5.69 Å². The number of rotatable bonds is 6. The second-order valence-electron chi connectivity index (χ2n) is 5.39. The highest BCUT2D eigenvalue weighted by atomic mass is 32.2. The van der Waals surface area contributed by atoms with E-state index in [0.717, 1.165) is 11.1 Å². The molecule has 0 aliphatic carbocycles. The number of benzene rings is 2. The summed E-state index contributed by atoms with van der Waals surface area (Å²) in [6.07, 6.45) is 0. The number of carbonyl (C=O) groups is 1. The summed E-state index contributed by atoms with van der Waals surface area (Å²) in [5, 5.41) is 2.65. The molecule has 0 fully saturated rings. The van der Waals surface area contributed by atoms with Crippen molar-refractivity contribution in [2.45, 2.75) is 18.7 Å². The summed E-state index contributed by atoms with van der Waals surface area (Å²) in [7, 11) is -2.24. The third-order valence-electron chi connectivity index (χ3n) is 3.35. The molecule has 0 bridgehead atoms. The summed E-state index contributed by atoms with van der Waals surface area (Å²) >= 11 is 0. The molecule has 0 saturated heterocycles. The minimum Gasteiger partial charge on any atom is -0.495 e. The Morgan fingerprint density at radius 3 is 2.46 bits per heavy atom. The predicted molar refractivity (Wildman–Crippen MR) is 92.7 cm³/mol. The number of hydrogen-bond acceptors (Lipinski definition) is 4. The van der Waals surface area contributed by atoms with Crippen LogP contribution in [0.3, 0.4) is 0 Å². The van der Waals surface area contributed by atoms with Crippen molar-refractivity contribution in [1.82, 2.24) is 4.72 Å². The molecule has 0 saturated carbocycles. The number of carbonyl (C=O) groups excluding carboxylic acids is 1. The van der Waals surface area contributed by atoms with Crippen molar-refractivity contribution in [2.75, 3.05) is 19.0 Å². The van der Waals surface area contributed by atoms with Gasteiger partial charge < -0.3 is 10.1 Å². The molecule has 0 unspecified atom stereocenters. The van der Waals surface area contributed by atoms with E-state index in [0.29, 0.717) is 11.4 Å². The number of amides is 1. The van der Waals surface area contributed by atoms with Gasteiger partial charge in [-0.3, -0.25) is 4.79 Å². The summed E-state index contributed by atoms with van der Waals surface area (Å²) in [5.74, 6) is 0.0330. The monoisotopic (exact) mass is 348 g/mol. The van der Waals surface area contributed by atoms with Crippen molar-refractivity contribution in [3.05, 3.63) is 53.6 Å². The van der Waals surface area contributed by atoms with E-state index in [2.05, 4.69) is 10.0 Å². The van der Waals surface area contributed by atoms with Crippen molar-refractivity contribution in [2.24, 2.45) is 0 Å². The normalized spacial score (nSPS) is 11.1. The summed E-state index contributed by atoms with van der Waals surface area (Å²) in [6, 6.07) is 11.8. The van der Waals surface area contributed by atoms with E-state index >= 15 is 0 Å². The molecule has 2 rings (SSSR count).